The van der Waals surface area contributed by atoms with Crippen LogP contribution in [0.15, 0.2) is 18.2 Å². The van der Waals surface area contributed by atoms with Gasteiger partial charge in [-0.1, -0.05) is 13.0 Å². The zero-order valence-corrected chi connectivity index (χ0v) is 9.24. The monoisotopic (exact) mass is 233 g/mol. The van der Waals surface area contributed by atoms with Crippen molar-refractivity contribution in [2.24, 2.45) is 0 Å². The molecule has 0 unspecified atom stereocenters. The van der Waals surface area contributed by atoms with Gasteiger partial charge >= 0.3 is 0 Å². The van der Waals surface area contributed by atoms with E-state index in [0.717, 1.165) is 0 Å². The molecule has 1 aromatic heterocycles. The Morgan fingerprint density at radius 3 is 1.93 bits per heavy atom. The van der Waals surface area contributed by atoms with E-state index in [1.54, 1.807) is 25.1 Å². The quantitative estimate of drug-likeness (QED) is 0.641. The number of nitrogen functional groups attached to an aromatic ring is 2. The number of pyridine rings is 1. The van der Waals surface area contributed by atoms with E-state index < -0.39 is 10.1 Å². The molecule has 0 aliphatic carbocycles. The van der Waals surface area contributed by atoms with Gasteiger partial charge in [-0.15, -0.1) is 0 Å². The largest absolute Gasteiger partial charge is 0.384 e. The standard InChI is InChI=1S/C5H7N3.C3H8O3S/c6-4-2-1-3-5(7)8-4;1-2-3-7(4,5)6/h1-3H,(H4,6,7,8);2-3H2,1H3,(H,4,5,6). The third kappa shape index (κ3) is 8.98. The van der Waals surface area contributed by atoms with Crippen LogP contribution in [0, 0.1) is 0 Å². The smallest absolute Gasteiger partial charge is 0.264 e. The SMILES string of the molecule is CCCS(=O)(=O)O.Nc1cccc(N)n1. The van der Waals surface area contributed by atoms with Gasteiger partial charge in [0.1, 0.15) is 11.6 Å². The lowest BCUT2D eigenvalue weighted by atomic mass is 10.4. The Labute approximate surface area is 89.1 Å². The Morgan fingerprint density at radius 2 is 1.80 bits per heavy atom. The summed E-state index contributed by atoms with van der Waals surface area (Å²) >= 11 is 0. The van der Waals surface area contributed by atoms with Gasteiger partial charge < -0.3 is 11.5 Å². The molecule has 15 heavy (non-hydrogen) atoms. The lowest BCUT2D eigenvalue weighted by Crippen LogP contribution is -2.01. The Hall–Kier alpha value is -1.34. The second kappa shape index (κ2) is 6.20. The number of nitrogens with two attached hydrogens (primary N) is 2. The molecule has 1 rings (SSSR count). The summed E-state index contributed by atoms with van der Waals surface area (Å²) in [7, 11) is -3.67. The molecule has 5 N–H and O–H groups in total. The minimum atomic E-state index is -3.67. The van der Waals surface area contributed by atoms with E-state index >= 15 is 0 Å². The average Bonchev–Trinajstić information content (AvgIpc) is 2.01. The molecule has 0 fully saturated rings. The van der Waals surface area contributed by atoms with Gasteiger partial charge in [0.15, 0.2) is 0 Å². The van der Waals surface area contributed by atoms with Crippen LogP contribution in [0.4, 0.5) is 11.6 Å². The van der Waals surface area contributed by atoms with E-state index in [0.29, 0.717) is 18.1 Å². The Kier molecular flexibility index (Phi) is 5.65. The van der Waals surface area contributed by atoms with Crippen molar-refractivity contribution in [2.75, 3.05) is 17.2 Å². The molecule has 0 aliphatic rings. The van der Waals surface area contributed by atoms with Crippen molar-refractivity contribution in [3.05, 3.63) is 18.2 Å². The summed E-state index contributed by atoms with van der Waals surface area (Å²) in [6, 6.07) is 5.14. The lowest BCUT2D eigenvalue weighted by molar-refractivity contribution is 0.482. The fraction of sp³-hybridized carbons (Fsp3) is 0.375. The van der Waals surface area contributed by atoms with Gasteiger partial charge in [-0.25, -0.2) is 4.98 Å². The van der Waals surface area contributed by atoms with Crippen LogP contribution in [0.2, 0.25) is 0 Å². The minimum absolute atomic E-state index is 0.132. The third-order valence-electron chi connectivity index (χ3n) is 1.25. The molecular weight excluding hydrogens is 218 g/mol. The zero-order valence-electron chi connectivity index (χ0n) is 8.42. The molecule has 1 heterocycles. The maximum atomic E-state index is 9.79. The molecule has 0 saturated carbocycles. The molecule has 0 aromatic carbocycles. The first-order chi connectivity index (χ1) is 6.85. The molecule has 7 heteroatoms. The van der Waals surface area contributed by atoms with Crippen LogP contribution < -0.4 is 11.5 Å². The van der Waals surface area contributed by atoms with E-state index in [-0.39, 0.29) is 5.75 Å². The second-order valence-electron chi connectivity index (χ2n) is 2.77. The zero-order chi connectivity index (χ0) is 11.9. The fourth-order valence-corrected chi connectivity index (χ4v) is 1.24. The van der Waals surface area contributed by atoms with Gasteiger partial charge in [0.2, 0.25) is 0 Å². The molecule has 0 amide bonds. The first-order valence-electron chi connectivity index (χ1n) is 4.28. The summed E-state index contributed by atoms with van der Waals surface area (Å²) in [5, 5.41) is 0. The van der Waals surface area contributed by atoms with Gasteiger partial charge in [0.25, 0.3) is 10.1 Å². The van der Waals surface area contributed by atoms with Crippen LogP contribution >= 0.6 is 0 Å². The van der Waals surface area contributed by atoms with Crippen molar-refractivity contribution in [3.63, 3.8) is 0 Å². The fourth-order valence-electron chi connectivity index (χ4n) is 0.727. The van der Waals surface area contributed by atoms with Crippen LogP contribution in [0.25, 0.3) is 0 Å². The molecule has 0 saturated heterocycles. The maximum absolute atomic E-state index is 9.79. The third-order valence-corrected chi connectivity index (χ3v) is 2.18. The van der Waals surface area contributed by atoms with Gasteiger partial charge in [-0.05, 0) is 18.6 Å². The van der Waals surface area contributed by atoms with Crippen LogP contribution in [-0.4, -0.2) is 23.7 Å². The predicted molar refractivity (Wildman–Crippen MR) is 59.8 cm³/mol. The number of rotatable bonds is 2. The van der Waals surface area contributed by atoms with Gasteiger partial charge in [0.05, 0.1) is 5.75 Å². The van der Waals surface area contributed by atoms with Crippen LogP contribution in [0.5, 0.6) is 0 Å². The highest BCUT2D eigenvalue weighted by Crippen LogP contribution is 1.99. The summed E-state index contributed by atoms with van der Waals surface area (Å²) in [5.41, 5.74) is 10.5. The molecule has 0 aliphatic heterocycles. The van der Waals surface area contributed by atoms with Gasteiger partial charge in [-0.2, -0.15) is 8.42 Å². The van der Waals surface area contributed by atoms with Crippen molar-refractivity contribution in [1.82, 2.24) is 4.98 Å². The maximum Gasteiger partial charge on any atom is 0.264 e. The van der Waals surface area contributed by atoms with Crippen LogP contribution in [0.3, 0.4) is 0 Å². The minimum Gasteiger partial charge on any atom is -0.384 e. The average molecular weight is 233 g/mol. The summed E-state index contributed by atoms with van der Waals surface area (Å²) in [6.45, 7) is 1.69. The molecule has 0 radical (unpaired) electrons. The number of hydrogen-bond donors (Lipinski definition) is 3. The number of hydrogen-bond acceptors (Lipinski definition) is 5. The van der Waals surface area contributed by atoms with Crippen molar-refractivity contribution in [2.45, 2.75) is 13.3 Å². The molecule has 0 spiro atoms. The molecule has 1 aromatic rings. The number of anilines is 2. The summed E-state index contributed by atoms with van der Waals surface area (Å²) < 4.78 is 27.6. The van der Waals surface area contributed by atoms with Gasteiger partial charge in [-0.3, -0.25) is 4.55 Å². The second-order valence-corrected chi connectivity index (χ2v) is 4.35. The number of aromatic nitrogens is 1. The molecular formula is C8H15N3O3S. The van der Waals surface area contributed by atoms with Crippen molar-refractivity contribution in [1.29, 1.82) is 0 Å². The van der Waals surface area contributed by atoms with Crippen molar-refractivity contribution >= 4 is 21.8 Å². The highest BCUT2D eigenvalue weighted by atomic mass is 32.2. The molecule has 0 bridgehead atoms. The summed E-state index contributed by atoms with van der Waals surface area (Å²) in [5.74, 6) is 0.794. The number of nitrogens with zero attached hydrogens (tertiary/aromatic N) is 1. The topological polar surface area (TPSA) is 119 Å². The van der Waals surface area contributed by atoms with E-state index in [2.05, 4.69) is 4.98 Å². The highest BCUT2D eigenvalue weighted by Gasteiger charge is 1.98. The Morgan fingerprint density at radius 1 is 1.33 bits per heavy atom. The van der Waals surface area contributed by atoms with E-state index in [4.69, 9.17) is 16.0 Å². The molecule has 6 nitrogen and oxygen atoms in total. The van der Waals surface area contributed by atoms with E-state index in [1.807, 2.05) is 0 Å². The molecule has 86 valence electrons. The summed E-state index contributed by atoms with van der Waals surface area (Å²) in [6.07, 6.45) is 0.471. The van der Waals surface area contributed by atoms with Crippen molar-refractivity contribution in [3.8, 4) is 0 Å². The summed E-state index contributed by atoms with van der Waals surface area (Å²) in [4.78, 5) is 3.73. The predicted octanol–water partition coefficient (Wildman–Crippen LogP) is 0.530. The lowest BCUT2D eigenvalue weighted by Gasteiger charge is -1.90. The van der Waals surface area contributed by atoms with Gasteiger partial charge in [0, 0.05) is 0 Å². The first kappa shape index (κ1) is 13.7. The van der Waals surface area contributed by atoms with E-state index in [1.165, 1.54) is 0 Å². The normalized spacial score (nSPS) is 10.3. The van der Waals surface area contributed by atoms with Crippen molar-refractivity contribution < 1.29 is 13.0 Å². The Bertz CT molecular complexity index is 375. The first-order valence-corrected chi connectivity index (χ1v) is 5.89. The Balaban J connectivity index is 0.000000265. The van der Waals surface area contributed by atoms with Crippen LogP contribution in [0.1, 0.15) is 13.3 Å². The van der Waals surface area contributed by atoms with Crippen LogP contribution in [-0.2, 0) is 10.1 Å². The van der Waals surface area contributed by atoms with E-state index in [9.17, 15) is 8.42 Å². The highest BCUT2D eigenvalue weighted by molar-refractivity contribution is 7.85. The molecule has 0 atom stereocenters.